The zero-order valence-corrected chi connectivity index (χ0v) is 16.9. The third-order valence-electron chi connectivity index (χ3n) is 5.44. The van der Waals surface area contributed by atoms with E-state index in [1.54, 1.807) is 24.1 Å². The summed E-state index contributed by atoms with van der Waals surface area (Å²) in [4.78, 5) is 37.3. The van der Waals surface area contributed by atoms with Gasteiger partial charge in [0, 0.05) is 20.1 Å². The van der Waals surface area contributed by atoms with Crippen molar-refractivity contribution in [3.63, 3.8) is 0 Å². The Hall–Kier alpha value is -2.60. The molecule has 1 saturated carbocycles. The number of morpholine rings is 1. The molecule has 3 fully saturated rings. The number of hydrogen-bond acceptors (Lipinski definition) is 6. The van der Waals surface area contributed by atoms with Gasteiger partial charge in [-0.3, -0.25) is 14.5 Å². The Balaban J connectivity index is 0.000000339. The number of carboxylic acids is 1. The summed E-state index contributed by atoms with van der Waals surface area (Å²) in [7, 11) is 1.66. The van der Waals surface area contributed by atoms with Gasteiger partial charge in [-0.2, -0.15) is 13.2 Å². The van der Waals surface area contributed by atoms with Crippen molar-refractivity contribution in [2.24, 2.45) is 5.92 Å². The van der Waals surface area contributed by atoms with E-state index in [-0.39, 0.29) is 23.5 Å². The Morgan fingerprint density at radius 2 is 1.90 bits per heavy atom. The van der Waals surface area contributed by atoms with E-state index in [2.05, 4.69) is 10.2 Å². The first kappa shape index (κ1) is 23.1. The second-order valence-electron chi connectivity index (χ2n) is 7.94. The smallest absolute Gasteiger partial charge is 0.475 e. The number of carboxylic acid groups (broad SMARTS) is 1. The van der Waals surface area contributed by atoms with Gasteiger partial charge in [-0.15, -0.1) is 0 Å². The van der Waals surface area contributed by atoms with Gasteiger partial charge in [-0.1, -0.05) is 0 Å². The standard InChI is InChI=1S/C17H23N3O4.C2HF3O2/c1-18-15(21)13-8-24-17(9-19(13)7-12-4-5-12)10-20(11-17)16(22)14-3-2-6-23-14;3-2(4,5)1(6)7/h2-3,6,12-13H,4-5,7-11H2,1H3,(H,18,21);(H,6,7). The molecule has 1 aromatic heterocycles. The molecule has 12 heteroatoms. The van der Waals surface area contributed by atoms with Gasteiger partial charge in [-0.25, -0.2) is 4.79 Å². The fraction of sp³-hybridized carbons (Fsp3) is 0.632. The minimum absolute atomic E-state index is 0.00772. The SMILES string of the molecule is CNC(=O)C1COC2(CN(C(=O)c3ccco3)C2)CN1CC1CC1.O=C(O)C(F)(F)F. The molecular formula is C19H24F3N3O6. The van der Waals surface area contributed by atoms with E-state index in [1.165, 1.54) is 19.1 Å². The summed E-state index contributed by atoms with van der Waals surface area (Å²) in [5, 5.41) is 9.85. The first-order valence-corrected chi connectivity index (χ1v) is 9.77. The number of likely N-dealkylation sites (N-methyl/N-ethyl adjacent to an activating group) is 1. The summed E-state index contributed by atoms with van der Waals surface area (Å²) >= 11 is 0. The van der Waals surface area contributed by atoms with Crippen LogP contribution in [-0.2, 0) is 14.3 Å². The molecule has 2 aliphatic heterocycles. The number of halogens is 3. The maximum absolute atomic E-state index is 12.3. The van der Waals surface area contributed by atoms with E-state index in [0.29, 0.717) is 37.9 Å². The molecule has 1 atom stereocenters. The van der Waals surface area contributed by atoms with Crippen LogP contribution in [0.4, 0.5) is 13.2 Å². The lowest BCUT2D eigenvalue weighted by Crippen LogP contribution is -2.73. The van der Waals surface area contributed by atoms with E-state index in [4.69, 9.17) is 19.1 Å². The monoisotopic (exact) mass is 447 g/mol. The van der Waals surface area contributed by atoms with Crippen LogP contribution in [0.15, 0.2) is 22.8 Å². The van der Waals surface area contributed by atoms with Crippen LogP contribution < -0.4 is 5.32 Å². The minimum Gasteiger partial charge on any atom is -0.475 e. The van der Waals surface area contributed by atoms with Crippen LogP contribution in [0.2, 0.25) is 0 Å². The quantitative estimate of drug-likeness (QED) is 0.707. The molecule has 2 amide bonds. The summed E-state index contributed by atoms with van der Waals surface area (Å²) in [5.41, 5.74) is -0.346. The Morgan fingerprint density at radius 1 is 1.26 bits per heavy atom. The van der Waals surface area contributed by atoms with Crippen LogP contribution in [0.5, 0.6) is 0 Å². The van der Waals surface area contributed by atoms with Gasteiger partial charge in [0.15, 0.2) is 5.76 Å². The zero-order chi connectivity index (χ0) is 22.8. The number of carbonyl (C=O) groups excluding carboxylic acids is 2. The van der Waals surface area contributed by atoms with E-state index < -0.39 is 12.1 Å². The summed E-state index contributed by atoms with van der Waals surface area (Å²) in [6, 6.07) is 3.16. The minimum atomic E-state index is -5.08. The van der Waals surface area contributed by atoms with Crippen molar-refractivity contribution < 1.29 is 41.8 Å². The average molecular weight is 447 g/mol. The first-order valence-electron chi connectivity index (χ1n) is 9.77. The second-order valence-corrected chi connectivity index (χ2v) is 7.94. The maximum atomic E-state index is 12.3. The number of furan rings is 1. The molecule has 1 spiro atoms. The molecule has 3 aliphatic rings. The molecule has 1 aliphatic carbocycles. The van der Waals surface area contributed by atoms with Crippen molar-refractivity contribution >= 4 is 17.8 Å². The summed E-state index contributed by atoms with van der Waals surface area (Å²) in [6.07, 6.45) is -1.09. The lowest BCUT2D eigenvalue weighted by atomic mass is 9.90. The number of likely N-dealkylation sites (tertiary alicyclic amines) is 1. The number of nitrogens with zero attached hydrogens (tertiary/aromatic N) is 2. The number of carbonyl (C=O) groups is 3. The topological polar surface area (TPSA) is 112 Å². The molecule has 0 radical (unpaired) electrons. The van der Waals surface area contributed by atoms with Gasteiger partial charge in [0.05, 0.1) is 26.0 Å². The van der Waals surface area contributed by atoms with Gasteiger partial charge in [-0.05, 0) is 30.9 Å². The van der Waals surface area contributed by atoms with E-state index in [1.807, 2.05) is 0 Å². The molecule has 9 nitrogen and oxygen atoms in total. The highest BCUT2D eigenvalue weighted by atomic mass is 19.4. The number of alkyl halides is 3. The predicted octanol–water partition coefficient (Wildman–Crippen LogP) is 0.964. The van der Waals surface area contributed by atoms with Crippen LogP contribution in [-0.4, -0.2) is 90.3 Å². The fourth-order valence-corrected chi connectivity index (χ4v) is 3.66. The lowest BCUT2D eigenvalue weighted by Gasteiger charge is -2.55. The van der Waals surface area contributed by atoms with Crippen LogP contribution in [0.3, 0.4) is 0 Å². The van der Waals surface area contributed by atoms with Gasteiger partial charge in [0.2, 0.25) is 5.91 Å². The molecule has 1 unspecified atom stereocenters. The van der Waals surface area contributed by atoms with Gasteiger partial charge in [0.1, 0.15) is 11.6 Å². The number of ether oxygens (including phenoxy) is 1. The molecule has 2 saturated heterocycles. The Morgan fingerprint density at radius 3 is 2.39 bits per heavy atom. The molecular weight excluding hydrogens is 423 g/mol. The Labute approximate surface area is 176 Å². The third kappa shape index (κ3) is 5.56. The molecule has 1 aromatic rings. The largest absolute Gasteiger partial charge is 0.490 e. The maximum Gasteiger partial charge on any atom is 0.490 e. The molecule has 0 bridgehead atoms. The van der Waals surface area contributed by atoms with Gasteiger partial charge < -0.3 is 24.5 Å². The number of rotatable bonds is 4. The van der Waals surface area contributed by atoms with Crippen molar-refractivity contribution in [1.82, 2.24) is 15.1 Å². The predicted molar refractivity (Wildman–Crippen MR) is 99.1 cm³/mol. The molecule has 172 valence electrons. The van der Waals surface area contributed by atoms with Crippen molar-refractivity contribution in [2.75, 3.05) is 39.8 Å². The summed E-state index contributed by atoms with van der Waals surface area (Å²) in [5.74, 6) is -1.79. The molecule has 3 heterocycles. The van der Waals surface area contributed by atoms with Crippen LogP contribution >= 0.6 is 0 Å². The molecule has 4 rings (SSSR count). The fourth-order valence-electron chi connectivity index (χ4n) is 3.66. The summed E-state index contributed by atoms with van der Waals surface area (Å²) < 4.78 is 43.0. The summed E-state index contributed by atoms with van der Waals surface area (Å²) in [6.45, 7) is 3.12. The first-order chi connectivity index (χ1) is 14.5. The van der Waals surface area contributed by atoms with Crippen molar-refractivity contribution in [2.45, 2.75) is 30.7 Å². The number of hydrogen-bond donors (Lipinski definition) is 2. The van der Waals surface area contributed by atoms with Crippen LogP contribution in [0.25, 0.3) is 0 Å². The van der Waals surface area contributed by atoms with Crippen molar-refractivity contribution in [3.05, 3.63) is 24.2 Å². The zero-order valence-electron chi connectivity index (χ0n) is 16.9. The highest BCUT2D eigenvalue weighted by Gasteiger charge is 2.52. The van der Waals surface area contributed by atoms with Crippen molar-refractivity contribution in [3.8, 4) is 0 Å². The highest BCUT2D eigenvalue weighted by Crippen LogP contribution is 2.36. The average Bonchev–Trinajstić information content (AvgIpc) is 3.33. The van der Waals surface area contributed by atoms with E-state index in [9.17, 15) is 22.8 Å². The Kier molecular flexibility index (Phi) is 6.60. The van der Waals surface area contributed by atoms with Gasteiger partial charge in [0.25, 0.3) is 5.91 Å². The van der Waals surface area contributed by atoms with Gasteiger partial charge >= 0.3 is 12.1 Å². The van der Waals surface area contributed by atoms with E-state index in [0.717, 1.165) is 6.54 Å². The number of nitrogens with one attached hydrogen (secondary N) is 1. The molecule has 31 heavy (non-hydrogen) atoms. The van der Waals surface area contributed by atoms with E-state index >= 15 is 0 Å². The van der Waals surface area contributed by atoms with Crippen molar-refractivity contribution in [1.29, 1.82) is 0 Å². The molecule has 2 N–H and O–H groups in total. The lowest BCUT2D eigenvalue weighted by molar-refractivity contribution is -0.192. The third-order valence-corrected chi connectivity index (χ3v) is 5.44. The number of aliphatic carboxylic acids is 1. The molecule has 0 aromatic carbocycles. The normalized spacial score (nSPS) is 22.8. The van der Waals surface area contributed by atoms with Crippen LogP contribution in [0.1, 0.15) is 23.4 Å². The highest BCUT2D eigenvalue weighted by molar-refractivity contribution is 5.92. The van der Waals surface area contributed by atoms with Crippen LogP contribution in [0, 0.1) is 5.92 Å². The number of amides is 2. The Bertz CT molecular complexity index is 803. The second kappa shape index (κ2) is 8.87.